The van der Waals surface area contributed by atoms with Gasteiger partial charge in [0.25, 0.3) is 0 Å². The van der Waals surface area contributed by atoms with Crippen LogP contribution in [0, 0.1) is 18.7 Å². The molecule has 2 atom stereocenters. The predicted molar refractivity (Wildman–Crippen MR) is 115 cm³/mol. The molecule has 0 radical (unpaired) electrons. The molecule has 1 aromatic carbocycles. The smallest absolute Gasteiger partial charge is 0.227 e. The van der Waals surface area contributed by atoms with Gasteiger partial charge in [0.2, 0.25) is 11.8 Å². The van der Waals surface area contributed by atoms with Crippen LogP contribution in [0.4, 0.5) is 15.9 Å². The van der Waals surface area contributed by atoms with Gasteiger partial charge in [-0.05, 0) is 43.2 Å². The van der Waals surface area contributed by atoms with Crippen LogP contribution in [0.25, 0.3) is 0 Å². The van der Waals surface area contributed by atoms with Crippen LogP contribution in [0.3, 0.4) is 0 Å². The third kappa shape index (κ3) is 4.85. The van der Waals surface area contributed by atoms with Gasteiger partial charge >= 0.3 is 0 Å². The van der Waals surface area contributed by atoms with Crippen molar-refractivity contribution in [3.05, 3.63) is 53.5 Å². The quantitative estimate of drug-likeness (QED) is 0.795. The predicted octanol–water partition coefficient (Wildman–Crippen LogP) is 2.42. The molecule has 2 fully saturated rings. The van der Waals surface area contributed by atoms with Gasteiger partial charge in [0, 0.05) is 38.8 Å². The molecule has 1 N–H and O–H groups in total. The highest BCUT2D eigenvalue weighted by molar-refractivity contribution is 6.00. The Morgan fingerprint density at radius 3 is 2.84 bits per heavy atom. The Labute approximate surface area is 181 Å². The largest absolute Gasteiger partial charge is 0.375 e. The molecule has 4 rings (SSSR count). The lowest BCUT2D eigenvalue weighted by Gasteiger charge is -2.32. The molecule has 0 saturated carbocycles. The van der Waals surface area contributed by atoms with E-state index in [4.69, 9.17) is 4.74 Å². The number of hydrogen-bond donors (Lipinski definition) is 1. The second-order valence-corrected chi connectivity index (χ2v) is 8.23. The number of ether oxygens (including phenoxy) is 1. The van der Waals surface area contributed by atoms with E-state index in [9.17, 15) is 14.0 Å². The number of carbonyl (C=O) groups excluding carboxylic acids is 2. The summed E-state index contributed by atoms with van der Waals surface area (Å²) >= 11 is 0. The van der Waals surface area contributed by atoms with Gasteiger partial charge in [-0.15, -0.1) is 0 Å². The highest BCUT2D eigenvalue weighted by atomic mass is 19.1. The number of halogens is 1. The fourth-order valence-corrected chi connectivity index (χ4v) is 4.02. The van der Waals surface area contributed by atoms with Crippen LogP contribution in [0.2, 0.25) is 0 Å². The maximum absolute atomic E-state index is 14.2. The summed E-state index contributed by atoms with van der Waals surface area (Å²) in [6.07, 6.45) is 2.01. The van der Waals surface area contributed by atoms with E-state index in [-0.39, 0.29) is 36.6 Å². The first kappa shape index (κ1) is 21.2. The molecule has 31 heavy (non-hydrogen) atoms. The minimum atomic E-state index is -0.504. The lowest BCUT2D eigenvalue weighted by Crippen LogP contribution is -2.41. The average molecular weight is 426 g/mol. The number of hydrogen-bond acceptors (Lipinski definition) is 5. The Balaban J connectivity index is 1.32. The Morgan fingerprint density at radius 1 is 1.29 bits per heavy atom. The molecule has 164 valence electrons. The van der Waals surface area contributed by atoms with Gasteiger partial charge in [0.05, 0.1) is 24.3 Å². The van der Waals surface area contributed by atoms with Gasteiger partial charge in [-0.3, -0.25) is 9.59 Å². The molecule has 2 amide bonds. The number of carbonyl (C=O) groups is 2. The molecule has 2 aromatic rings. The molecule has 2 saturated heterocycles. The summed E-state index contributed by atoms with van der Waals surface area (Å²) in [5, 5.41) is 2.88. The fraction of sp³-hybridized carbons (Fsp3) is 0.435. The summed E-state index contributed by atoms with van der Waals surface area (Å²) in [6.45, 7) is 6.63. The molecule has 0 spiro atoms. The van der Waals surface area contributed by atoms with E-state index in [1.165, 1.54) is 11.0 Å². The SMILES string of the molecule is Cc1ccc(N2CC(C(=O)NCc3ccc(N4CCOC(C)C4)nc3)CC2=O)c(F)c1. The van der Waals surface area contributed by atoms with Gasteiger partial charge < -0.3 is 19.9 Å². The zero-order valence-electron chi connectivity index (χ0n) is 17.8. The number of aromatic nitrogens is 1. The van der Waals surface area contributed by atoms with Crippen molar-refractivity contribution in [2.75, 3.05) is 36.0 Å². The maximum Gasteiger partial charge on any atom is 0.227 e. The molecule has 2 aliphatic heterocycles. The van der Waals surface area contributed by atoms with E-state index in [1.54, 1.807) is 25.3 Å². The first-order valence-corrected chi connectivity index (χ1v) is 10.6. The van der Waals surface area contributed by atoms with Crippen molar-refractivity contribution in [2.24, 2.45) is 5.92 Å². The summed E-state index contributed by atoms with van der Waals surface area (Å²) in [5.41, 5.74) is 1.89. The van der Waals surface area contributed by atoms with Crippen LogP contribution in [0.15, 0.2) is 36.5 Å². The van der Waals surface area contributed by atoms with Crippen molar-refractivity contribution in [3.63, 3.8) is 0 Å². The molecule has 1 aromatic heterocycles. The number of anilines is 2. The molecule has 3 heterocycles. The van der Waals surface area contributed by atoms with Crippen molar-refractivity contribution < 1.29 is 18.7 Å². The van der Waals surface area contributed by atoms with Crippen LogP contribution in [0.5, 0.6) is 0 Å². The van der Waals surface area contributed by atoms with Gasteiger partial charge in [0.1, 0.15) is 11.6 Å². The number of pyridine rings is 1. The van der Waals surface area contributed by atoms with Crippen molar-refractivity contribution in [1.29, 1.82) is 0 Å². The van der Waals surface area contributed by atoms with Crippen LogP contribution < -0.4 is 15.1 Å². The van der Waals surface area contributed by atoms with E-state index in [2.05, 4.69) is 15.2 Å². The fourth-order valence-electron chi connectivity index (χ4n) is 4.02. The summed E-state index contributed by atoms with van der Waals surface area (Å²) in [7, 11) is 0. The van der Waals surface area contributed by atoms with Gasteiger partial charge in [-0.2, -0.15) is 0 Å². The van der Waals surface area contributed by atoms with Crippen molar-refractivity contribution in [2.45, 2.75) is 32.9 Å². The number of rotatable bonds is 5. The van der Waals surface area contributed by atoms with E-state index in [0.29, 0.717) is 13.2 Å². The lowest BCUT2D eigenvalue weighted by molar-refractivity contribution is -0.126. The monoisotopic (exact) mass is 426 g/mol. The minimum absolute atomic E-state index is 0.0750. The van der Waals surface area contributed by atoms with E-state index in [0.717, 1.165) is 30.0 Å². The van der Waals surface area contributed by atoms with Crippen molar-refractivity contribution in [3.8, 4) is 0 Å². The Morgan fingerprint density at radius 2 is 2.13 bits per heavy atom. The zero-order valence-corrected chi connectivity index (χ0v) is 17.8. The van der Waals surface area contributed by atoms with Crippen LogP contribution in [0.1, 0.15) is 24.5 Å². The topological polar surface area (TPSA) is 74.8 Å². The number of nitrogens with one attached hydrogen (secondary N) is 1. The van der Waals surface area contributed by atoms with Crippen LogP contribution >= 0.6 is 0 Å². The zero-order chi connectivity index (χ0) is 22.0. The number of amides is 2. The molecule has 0 bridgehead atoms. The highest BCUT2D eigenvalue weighted by Gasteiger charge is 2.36. The Kier molecular flexibility index (Phi) is 6.18. The second kappa shape index (κ2) is 9.01. The van der Waals surface area contributed by atoms with Crippen LogP contribution in [-0.4, -0.2) is 49.1 Å². The Hall–Kier alpha value is -3.00. The number of nitrogens with zero attached hydrogens (tertiary/aromatic N) is 3. The first-order chi connectivity index (χ1) is 14.9. The van der Waals surface area contributed by atoms with Gasteiger partial charge in [0.15, 0.2) is 0 Å². The number of morpholine rings is 1. The number of benzene rings is 1. The van der Waals surface area contributed by atoms with Crippen molar-refractivity contribution >= 4 is 23.3 Å². The summed E-state index contributed by atoms with van der Waals surface area (Å²) in [6, 6.07) is 8.62. The third-order valence-corrected chi connectivity index (χ3v) is 5.73. The minimum Gasteiger partial charge on any atom is -0.375 e. The van der Waals surface area contributed by atoms with E-state index >= 15 is 0 Å². The molecular weight excluding hydrogens is 399 g/mol. The molecule has 7 nitrogen and oxygen atoms in total. The van der Waals surface area contributed by atoms with Gasteiger partial charge in [-0.1, -0.05) is 12.1 Å². The molecule has 2 aliphatic rings. The molecule has 2 unspecified atom stereocenters. The Bertz CT molecular complexity index is 966. The summed E-state index contributed by atoms with van der Waals surface area (Å²) < 4.78 is 19.8. The molecular formula is C23H27FN4O3. The van der Waals surface area contributed by atoms with Crippen molar-refractivity contribution in [1.82, 2.24) is 10.3 Å². The molecule has 0 aliphatic carbocycles. The van der Waals surface area contributed by atoms with E-state index < -0.39 is 11.7 Å². The molecule has 8 heteroatoms. The number of aryl methyl sites for hydroxylation is 1. The highest BCUT2D eigenvalue weighted by Crippen LogP contribution is 2.28. The second-order valence-electron chi connectivity index (χ2n) is 8.23. The van der Waals surface area contributed by atoms with E-state index in [1.807, 2.05) is 19.1 Å². The van der Waals surface area contributed by atoms with Gasteiger partial charge in [-0.25, -0.2) is 9.37 Å². The summed E-state index contributed by atoms with van der Waals surface area (Å²) in [4.78, 5) is 33.0. The normalized spacial score (nSPS) is 21.5. The lowest BCUT2D eigenvalue weighted by atomic mass is 10.1. The maximum atomic E-state index is 14.2. The average Bonchev–Trinajstić information content (AvgIpc) is 3.14. The first-order valence-electron chi connectivity index (χ1n) is 10.6. The standard InChI is InChI=1S/C23H27FN4O3/c1-15-3-5-20(19(24)9-15)28-14-18(10-22(28)29)23(30)26-12-17-4-6-21(25-11-17)27-7-8-31-16(2)13-27/h3-6,9,11,16,18H,7-8,10,12-14H2,1-2H3,(H,26,30). The van der Waals surface area contributed by atoms with Crippen LogP contribution in [-0.2, 0) is 20.9 Å². The summed E-state index contributed by atoms with van der Waals surface area (Å²) in [5.74, 6) is -0.518. The third-order valence-electron chi connectivity index (χ3n) is 5.73.